The van der Waals surface area contributed by atoms with Crippen molar-refractivity contribution in [1.29, 1.82) is 5.26 Å². The van der Waals surface area contributed by atoms with E-state index < -0.39 is 40.5 Å². The minimum absolute atomic E-state index is 0.176. The van der Waals surface area contributed by atoms with Crippen molar-refractivity contribution in [2.45, 2.75) is 19.8 Å². The Balaban J connectivity index is 2.62. The van der Waals surface area contributed by atoms with Gasteiger partial charge in [-0.15, -0.1) is 0 Å². The van der Waals surface area contributed by atoms with E-state index in [0.29, 0.717) is 4.68 Å². The number of aromatic nitrogens is 2. The molecule has 1 heterocycles. The van der Waals surface area contributed by atoms with Crippen LogP contribution in [-0.2, 0) is 11.2 Å². The van der Waals surface area contributed by atoms with Crippen LogP contribution in [0.2, 0.25) is 0 Å². The quantitative estimate of drug-likeness (QED) is 0.613. The molecule has 2 aromatic rings. The monoisotopic (exact) mass is 356 g/mol. The molecule has 6 nitrogen and oxygen atoms in total. The highest BCUT2D eigenvalue weighted by Gasteiger charge is 2.28. The molecule has 0 fully saturated rings. The summed E-state index contributed by atoms with van der Waals surface area (Å²) in [5.41, 5.74) is -2.05. The third-order valence-corrected chi connectivity index (χ3v) is 3.42. The standard InChI is InChI=1S/C15H12F4N4O2/c1-2-8-10(16)12(18)14(13(19)11(8)17)23-15(7(5-20)6-22-23)21-4-3-9(24)25/h6,21H,2-4H2,1H3,(H,24,25). The number of nitriles is 1. The van der Waals surface area contributed by atoms with Crippen LogP contribution in [-0.4, -0.2) is 27.4 Å². The van der Waals surface area contributed by atoms with Gasteiger partial charge in [0.1, 0.15) is 23.1 Å². The minimum Gasteiger partial charge on any atom is -0.481 e. The predicted molar refractivity (Wildman–Crippen MR) is 78.2 cm³/mol. The summed E-state index contributed by atoms with van der Waals surface area (Å²) >= 11 is 0. The number of anilines is 1. The average molecular weight is 356 g/mol. The second-order valence-corrected chi connectivity index (χ2v) is 4.94. The molecule has 0 bridgehead atoms. The molecule has 1 aromatic heterocycles. The lowest BCUT2D eigenvalue weighted by Gasteiger charge is -2.14. The van der Waals surface area contributed by atoms with Crippen molar-refractivity contribution in [2.75, 3.05) is 11.9 Å². The van der Waals surface area contributed by atoms with Gasteiger partial charge in [0, 0.05) is 12.1 Å². The van der Waals surface area contributed by atoms with Gasteiger partial charge in [-0.25, -0.2) is 22.2 Å². The molecule has 0 aliphatic heterocycles. The van der Waals surface area contributed by atoms with Gasteiger partial charge in [-0.1, -0.05) is 6.92 Å². The Morgan fingerprint density at radius 2 is 1.88 bits per heavy atom. The van der Waals surface area contributed by atoms with Crippen molar-refractivity contribution >= 4 is 11.8 Å². The molecular weight excluding hydrogens is 344 g/mol. The number of aliphatic carboxylic acids is 1. The molecule has 0 aliphatic carbocycles. The van der Waals surface area contributed by atoms with Crippen LogP contribution < -0.4 is 5.32 Å². The molecule has 0 unspecified atom stereocenters. The van der Waals surface area contributed by atoms with E-state index in [2.05, 4.69) is 10.4 Å². The summed E-state index contributed by atoms with van der Waals surface area (Å²) in [5, 5.41) is 23.7. The Morgan fingerprint density at radius 1 is 1.28 bits per heavy atom. The Labute approximate surface area is 139 Å². The van der Waals surface area contributed by atoms with Crippen LogP contribution in [0, 0.1) is 34.6 Å². The largest absolute Gasteiger partial charge is 0.481 e. The van der Waals surface area contributed by atoms with Crippen molar-refractivity contribution < 1.29 is 27.5 Å². The minimum atomic E-state index is -1.66. The van der Waals surface area contributed by atoms with Gasteiger partial charge in [0.25, 0.3) is 0 Å². The van der Waals surface area contributed by atoms with Gasteiger partial charge in [-0.2, -0.15) is 10.4 Å². The Bertz CT molecular complexity index is 844. The summed E-state index contributed by atoms with van der Waals surface area (Å²) in [5.74, 6) is -7.86. The first-order valence-corrected chi connectivity index (χ1v) is 7.12. The van der Waals surface area contributed by atoms with Gasteiger partial charge in [-0.3, -0.25) is 4.79 Å². The number of carboxylic acid groups (broad SMARTS) is 1. The topological polar surface area (TPSA) is 90.9 Å². The highest BCUT2D eigenvalue weighted by atomic mass is 19.2. The van der Waals surface area contributed by atoms with Crippen LogP contribution in [0.25, 0.3) is 5.69 Å². The maximum atomic E-state index is 14.3. The van der Waals surface area contributed by atoms with Gasteiger partial charge in [0.2, 0.25) is 0 Å². The molecule has 0 amide bonds. The van der Waals surface area contributed by atoms with Crippen LogP contribution in [0.1, 0.15) is 24.5 Å². The number of hydrogen-bond acceptors (Lipinski definition) is 4. The number of nitrogens with zero attached hydrogens (tertiary/aromatic N) is 3. The summed E-state index contributed by atoms with van der Waals surface area (Å²) in [6, 6.07) is 1.69. The predicted octanol–water partition coefficient (Wildman–Crippen LogP) is 2.75. The lowest BCUT2D eigenvalue weighted by atomic mass is 10.1. The van der Waals surface area contributed by atoms with Crippen molar-refractivity contribution in [3.8, 4) is 11.8 Å². The molecule has 0 aliphatic rings. The molecule has 1 aromatic carbocycles. The highest BCUT2D eigenvalue weighted by Crippen LogP contribution is 2.30. The molecule has 2 rings (SSSR count). The number of carbonyl (C=O) groups is 1. The van der Waals surface area contributed by atoms with Gasteiger partial charge in [0.15, 0.2) is 23.3 Å². The second-order valence-electron chi connectivity index (χ2n) is 4.94. The molecule has 2 N–H and O–H groups in total. The summed E-state index contributed by atoms with van der Waals surface area (Å²) in [7, 11) is 0. The van der Waals surface area contributed by atoms with Gasteiger partial charge in [0.05, 0.1) is 12.6 Å². The van der Waals surface area contributed by atoms with E-state index in [1.54, 1.807) is 6.07 Å². The first-order valence-electron chi connectivity index (χ1n) is 7.12. The highest BCUT2D eigenvalue weighted by molar-refractivity contribution is 5.67. The molecule has 0 spiro atoms. The van der Waals surface area contributed by atoms with E-state index in [1.165, 1.54) is 6.92 Å². The van der Waals surface area contributed by atoms with Crippen LogP contribution in [0.3, 0.4) is 0 Å². The maximum Gasteiger partial charge on any atom is 0.305 e. The van der Waals surface area contributed by atoms with E-state index in [1.807, 2.05) is 0 Å². The number of benzene rings is 1. The van der Waals surface area contributed by atoms with Crippen molar-refractivity contribution in [3.05, 3.63) is 40.6 Å². The Morgan fingerprint density at radius 3 is 2.36 bits per heavy atom. The third-order valence-electron chi connectivity index (χ3n) is 3.42. The van der Waals surface area contributed by atoms with E-state index in [0.717, 1.165) is 6.20 Å². The number of hydrogen-bond donors (Lipinski definition) is 2. The molecule has 0 saturated heterocycles. The summed E-state index contributed by atoms with van der Waals surface area (Å²) in [6.07, 6.45) is 0.308. The molecule has 0 radical (unpaired) electrons. The van der Waals surface area contributed by atoms with E-state index in [-0.39, 0.29) is 30.8 Å². The zero-order valence-electron chi connectivity index (χ0n) is 12.9. The number of rotatable bonds is 6. The van der Waals surface area contributed by atoms with Crippen LogP contribution in [0.5, 0.6) is 0 Å². The Hall–Kier alpha value is -3.09. The Kier molecular flexibility index (Phi) is 5.26. The molecule has 132 valence electrons. The average Bonchev–Trinajstić information content (AvgIpc) is 2.96. The molecule has 0 atom stereocenters. The molecular formula is C15H12F4N4O2. The summed E-state index contributed by atoms with van der Waals surface area (Å²) in [4.78, 5) is 10.6. The third kappa shape index (κ3) is 3.26. The molecule has 0 saturated carbocycles. The van der Waals surface area contributed by atoms with E-state index in [4.69, 9.17) is 10.4 Å². The normalized spacial score (nSPS) is 10.6. The zero-order chi connectivity index (χ0) is 18.7. The van der Waals surface area contributed by atoms with Crippen LogP contribution >= 0.6 is 0 Å². The van der Waals surface area contributed by atoms with E-state index in [9.17, 15) is 22.4 Å². The first-order chi connectivity index (χ1) is 11.8. The molecule has 25 heavy (non-hydrogen) atoms. The maximum absolute atomic E-state index is 14.3. The fraction of sp³-hybridized carbons (Fsp3) is 0.267. The fourth-order valence-electron chi connectivity index (χ4n) is 2.22. The van der Waals surface area contributed by atoms with Gasteiger partial charge in [-0.05, 0) is 6.42 Å². The van der Waals surface area contributed by atoms with Crippen molar-refractivity contribution in [2.24, 2.45) is 0 Å². The first kappa shape index (κ1) is 18.3. The second kappa shape index (κ2) is 7.21. The lowest BCUT2D eigenvalue weighted by Crippen LogP contribution is -2.16. The summed E-state index contributed by atoms with van der Waals surface area (Å²) < 4.78 is 57.0. The SMILES string of the molecule is CCc1c(F)c(F)c(-n2ncc(C#N)c2NCCC(=O)O)c(F)c1F. The van der Waals surface area contributed by atoms with Crippen molar-refractivity contribution in [3.63, 3.8) is 0 Å². The number of nitrogens with one attached hydrogen (secondary N) is 1. The number of halogens is 4. The molecule has 10 heteroatoms. The van der Waals surface area contributed by atoms with Gasteiger partial charge < -0.3 is 10.4 Å². The smallest absolute Gasteiger partial charge is 0.305 e. The van der Waals surface area contributed by atoms with Crippen LogP contribution in [0.4, 0.5) is 23.4 Å². The zero-order valence-corrected chi connectivity index (χ0v) is 12.9. The number of carboxylic acids is 1. The summed E-state index contributed by atoms with van der Waals surface area (Å²) in [6.45, 7) is 1.14. The van der Waals surface area contributed by atoms with Crippen LogP contribution in [0.15, 0.2) is 6.20 Å². The van der Waals surface area contributed by atoms with E-state index >= 15 is 0 Å². The fourth-order valence-corrected chi connectivity index (χ4v) is 2.22. The lowest BCUT2D eigenvalue weighted by molar-refractivity contribution is -0.136. The van der Waals surface area contributed by atoms with Gasteiger partial charge >= 0.3 is 5.97 Å². The van der Waals surface area contributed by atoms with Crippen molar-refractivity contribution in [1.82, 2.24) is 9.78 Å².